The van der Waals surface area contributed by atoms with Gasteiger partial charge in [-0.05, 0) is 78.0 Å². The molecule has 0 amide bonds. The van der Waals surface area contributed by atoms with Gasteiger partial charge in [-0.3, -0.25) is 4.98 Å². The number of imidazole rings is 1. The van der Waals surface area contributed by atoms with Crippen molar-refractivity contribution in [2.75, 3.05) is 0 Å². The van der Waals surface area contributed by atoms with Crippen molar-refractivity contribution >= 4 is 50.8 Å². The molecule has 0 unspecified atom stereocenters. The van der Waals surface area contributed by atoms with Gasteiger partial charge in [0.2, 0.25) is 5.71 Å². The van der Waals surface area contributed by atoms with Crippen LogP contribution >= 0.6 is 0 Å². The zero-order chi connectivity index (χ0) is 43.7. The Balaban J connectivity index is 0.000000219. The first-order valence-corrected chi connectivity index (χ1v) is 27.8. The Labute approximate surface area is 374 Å². The first-order chi connectivity index (χ1) is 29.5. The second-order valence-corrected chi connectivity index (χ2v) is 28.3. The third kappa shape index (κ3) is 7.48. The maximum Gasteiger partial charge on any atom is 0.216 e. The van der Waals surface area contributed by atoms with Crippen LogP contribution in [0.2, 0.25) is 17.3 Å². The molecule has 0 atom stereocenters. The molecule has 1 aliphatic carbocycles. The molecular weight excluding hydrogens is 973 g/mol. The van der Waals surface area contributed by atoms with Crippen LogP contribution in [0.15, 0.2) is 126 Å². The van der Waals surface area contributed by atoms with Crippen molar-refractivity contribution in [3.05, 3.63) is 162 Å². The van der Waals surface area contributed by atoms with Gasteiger partial charge in [0.05, 0.1) is 22.4 Å². The standard InChI is InChI=1S/C35H26N3O.C18H24GeN.Ir/c1-20-17-25-23-9-5-6-10-27(23)35(3,4)28(25)19-31(20)38-30-12-8-7-11-29(30)37-33(38)22-14-16-32-26(18-22)24-15-13-21(2)36-34(24)39-32;1-14(2)11-16-12-18(15-9-7-6-8-10-15)20-13-17(16)19(3,4)5;/h5-13,15-19H,1-4H3;6-9,12-14H,11H2,1-5H3;/q2*-1;/i2D3;;. The Hall–Kier alpha value is -5.14. The summed E-state index contributed by atoms with van der Waals surface area (Å²) in [7, 11) is 0. The summed E-state index contributed by atoms with van der Waals surface area (Å²) in [5.41, 5.74) is 14.6. The molecule has 0 saturated carbocycles. The van der Waals surface area contributed by atoms with Crippen molar-refractivity contribution < 1.29 is 28.6 Å². The fourth-order valence-corrected chi connectivity index (χ4v) is 12.1. The smallest absolute Gasteiger partial charge is 0.216 e. The minimum Gasteiger partial charge on any atom is -0.486 e. The molecule has 5 aromatic carbocycles. The van der Waals surface area contributed by atoms with Crippen LogP contribution in [0.25, 0.3) is 72.6 Å². The first-order valence-electron chi connectivity index (χ1n) is 21.9. The molecule has 9 aromatic rings. The Morgan fingerprint density at radius 3 is 2.37 bits per heavy atom. The molecule has 0 fully saturated rings. The molecule has 0 N–H and O–H groups in total. The minimum atomic E-state index is -2.31. The summed E-state index contributed by atoms with van der Waals surface area (Å²) >= 11 is -1.86. The summed E-state index contributed by atoms with van der Waals surface area (Å²) in [5.74, 6) is 8.77. The Bertz CT molecular complexity index is 3160. The number of hydrogen-bond donors (Lipinski definition) is 0. The van der Waals surface area contributed by atoms with Gasteiger partial charge in [0.1, 0.15) is 0 Å². The zero-order valence-corrected chi connectivity index (χ0v) is 39.9. The predicted octanol–water partition coefficient (Wildman–Crippen LogP) is 13.0. The number of fused-ring (bicyclic) bond motifs is 7. The van der Waals surface area contributed by atoms with E-state index >= 15 is 0 Å². The maximum atomic E-state index is 7.73. The van der Waals surface area contributed by atoms with E-state index in [1.165, 1.54) is 27.8 Å². The topological polar surface area (TPSA) is 56.7 Å². The number of pyridine rings is 2. The molecule has 0 spiro atoms. The van der Waals surface area contributed by atoms with E-state index in [2.05, 4.69) is 134 Å². The minimum absolute atomic E-state index is 0. The van der Waals surface area contributed by atoms with E-state index in [1.807, 2.05) is 42.5 Å². The summed E-state index contributed by atoms with van der Waals surface area (Å²) in [6.45, 7) is 9.01. The average molecular weight is 1030 g/mol. The van der Waals surface area contributed by atoms with Gasteiger partial charge in [0.15, 0.2) is 0 Å². The summed E-state index contributed by atoms with van der Waals surface area (Å²) < 4.78 is 32.9. The number of nitrogens with zero attached hydrogens (tertiary/aromatic N) is 4. The fraction of sp³-hybridized carbons (Fsp3) is 0.226. The second-order valence-electron chi connectivity index (χ2n) is 17.7. The largest absolute Gasteiger partial charge is 0.486 e. The van der Waals surface area contributed by atoms with E-state index in [4.69, 9.17) is 18.5 Å². The van der Waals surface area contributed by atoms with Gasteiger partial charge in [-0.15, -0.1) is 23.8 Å². The first kappa shape index (κ1) is 37.8. The summed E-state index contributed by atoms with van der Waals surface area (Å²) in [6.07, 6.45) is 3.27. The number of aryl methyl sites for hydroxylation is 2. The quantitative estimate of drug-likeness (QED) is 0.123. The summed E-state index contributed by atoms with van der Waals surface area (Å²) in [5, 5.41) is 1.59. The molecule has 0 saturated heterocycles. The predicted molar refractivity (Wildman–Crippen MR) is 247 cm³/mol. The molecule has 60 heavy (non-hydrogen) atoms. The second kappa shape index (κ2) is 16.0. The van der Waals surface area contributed by atoms with Gasteiger partial charge in [-0.1, -0.05) is 55.6 Å². The Morgan fingerprint density at radius 1 is 0.817 bits per heavy atom. The Kier molecular flexibility index (Phi) is 10.1. The van der Waals surface area contributed by atoms with E-state index in [0.29, 0.717) is 17.2 Å². The molecular formula is C53H50GeIrN4O-2. The van der Waals surface area contributed by atoms with Gasteiger partial charge >= 0.3 is 126 Å². The van der Waals surface area contributed by atoms with Crippen LogP contribution in [0.5, 0.6) is 0 Å². The molecule has 4 aromatic heterocycles. The molecule has 7 heteroatoms. The van der Waals surface area contributed by atoms with E-state index in [9.17, 15) is 0 Å². The number of aromatic nitrogens is 4. The van der Waals surface area contributed by atoms with Crippen LogP contribution in [0.3, 0.4) is 0 Å². The van der Waals surface area contributed by atoms with Crippen LogP contribution in [0.4, 0.5) is 0 Å². The van der Waals surface area contributed by atoms with Crippen LogP contribution in [0.1, 0.15) is 59.8 Å². The number of para-hydroxylation sites is 2. The van der Waals surface area contributed by atoms with E-state index in [1.54, 1.807) is 22.6 Å². The number of furan rings is 1. The fourth-order valence-electron chi connectivity index (χ4n) is 8.75. The third-order valence-electron chi connectivity index (χ3n) is 11.6. The molecule has 0 bridgehead atoms. The molecule has 1 radical (unpaired) electrons. The van der Waals surface area contributed by atoms with Crippen LogP contribution in [-0.2, 0) is 31.9 Å². The van der Waals surface area contributed by atoms with Crippen LogP contribution in [0, 0.1) is 31.8 Å². The van der Waals surface area contributed by atoms with Crippen molar-refractivity contribution in [1.29, 1.82) is 0 Å². The molecule has 303 valence electrons. The van der Waals surface area contributed by atoms with Crippen molar-refractivity contribution in [2.45, 2.75) is 70.6 Å². The van der Waals surface area contributed by atoms with Crippen molar-refractivity contribution in [1.82, 2.24) is 19.5 Å². The van der Waals surface area contributed by atoms with Gasteiger partial charge in [-0.25, -0.2) is 4.98 Å². The van der Waals surface area contributed by atoms with E-state index in [0.717, 1.165) is 62.1 Å². The van der Waals surface area contributed by atoms with E-state index in [-0.39, 0.29) is 31.2 Å². The average Bonchev–Trinajstić information content (AvgIpc) is 3.87. The monoisotopic (exact) mass is 1030 g/mol. The normalized spacial score (nSPS) is 13.9. The Morgan fingerprint density at radius 2 is 1.60 bits per heavy atom. The van der Waals surface area contributed by atoms with Gasteiger partial charge < -0.3 is 8.98 Å². The molecule has 1 aliphatic rings. The van der Waals surface area contributed by atoms with Crippen molar-refractivity contribution in [2.24, 2.45) is 5.92 Å². The summed E-state index contributed by atoms with van der Waals surface area (Å²) in [6, 6.07) is 45.6. The van der Waals surface area contributed by atoms with Crippen LogP contribution < -0.4 is 4.40 Å². The van der Waals surface area contributed by atoms with Gasteiger partial charge in [0, 0.05) is 46.4 Å². The van der Waals surface area contributed by atoms with Gasteiger partial charge in [-0.2, -0.15) is 0 Å². The zero-order valence-electron chi connectivity index (χ0n) is 38.4. The molecule has 4 heterocycles. The van der Waals surface area contributed by atoms with Crippen LogP contribution in [-0.4, -0.2) is 32.8 Å². The molecule has 0 aliphatic heterocycles. The van der Waals surface area contributed by atoms with Crippen molar-refractivity contribution in [3.8, 4) is 39.5 Å². The van der Waals surface area contributed by atoms with Crippen molar-refractivity contribution in [3.63, 3.8) is 0 Å². The van der Waals surface area contributed by atoms with E-state index < -0.39 is 20.1 Å². The number of rotatable bonds is 6. The maximum absolute atomic E-state index is 7.73. The molecule has 5 nitrogen and oxygen atoms in total. The third-order valence-corrected chi connectivity index (χ3v) is 16.0. The molecule has 10 rings (SSSR count). The number of hydrogen-bond acceptors (Lipinski definition) is 4. The SMILES string of the molecule is CC(C)Cc1cc(-c2[c-]cccc2)nc[c]1[Ge]([CH3])([CH3])[CH3].[2H]C([2H])([2H])c1ccc2c(n1)oc1c[c-]c(-c3nc4ccccc4n3-c3cc4c(cc3C)-c3ccccc3C4(C)C)cc12.[Ir]. The number of benzene rings is 5. The summed E-state index contributed by atoms with van der Waals surface area (Å²) in [4.78, 5) is 14.1. The van der Waals surface area contributed by atoms with Gasteiger partial charge in [0.25, 0.3) is 0 Å².